The number of hydrogen-bond acceptors (Lipinski definition) is 5. The Morgan fingerprint density at radius 1 is 1.26 bits per heavy atom. The van der Waals surface area contributed by atoms with Gasteiger partial charge >= 0.3 is 12.1 Å². The van der Waals surface area contributed by atoms with Crippen LogP contribution in [-0.4, -0.2) is 56.3 Å². The fourth-order valence-corrected chi connectivity index (χ4v) is 3.56. The maximum atomic E-state index is 13.3. The first kappa shape index (κ1) is 24.3. The Balaban J connectivity index is 0.000000423. The maximum absolute atomic E-state index is 13.3. The molecule has 0 spiro atoms. The van der Waals surface area contributed by atoms with Crippen LogP contribution in [0.4, 0.5) is 13.2 Å². The molecule has 0 bridgehead atoms. The van der Waals surface area contributed by atoms with Crippen molar-refractivity contribution in [3.63, 3.8) is 0 Å². The van der Waals surface area contributed by atoms with Crippen molar-refractivity contribution < 1.29 is 27.9 Å². The molecule has 2 atom stereocenters. The van der Waals surface area contributed by atoms with Crippen LogP contribution in [0.15, 0.2) is 36.9 Å². The molecule has 2 aromatic rings. The van der Waals surface area contributed by atoms with Gasteiger partial charge in [0, 0.05) is 30.7 Å². The number of halogens is 3. The van der Waals surface area contributed by atoms with Gasteiger partial charge in [-0.05, 0) is 43.5 Å². The number of carboxylic acid groups (broad SMARTS) is 1. The molecule has 0 saturated carbocycles. The Hall–Kier alpha value is -2.95. The highest BCUT2D eigenvalue weighted by Gasteiger charge is 2.38. The van der Waals surface area contributed by atoms with E-state index in [2.05, 4.69) is 20.1 Å². The second kappa shape index (κ2) is 11.4. The molecule has 11 heteroatoms. The molecule has 4 N–H and O–H groups in total. The van der Waals surface area contributed by atoms with Gasteiger partial charge in [0.15, 0.2) is 0 Å². The van der Waals surface area contributed by atoms with Gasteiger partial charge in [0.05, 0.1) is 18.2 Å². The number of nitrogens with two attached hydrogens (primary N) is 1. The summed E-state index contributed by atoms with van der Waals surface area (Å²) in [5.41, 5.74) is 7.86. The summed E-state index contributed by atoms with van der Waals surface area (Å²) in [6, 6.07) is 4.16. The number of likely N-dealkylation sites (tertiary alicyclic amines) is 1. The van der Waals surface area contributed by atoms with E-state index < -0.39 is 12.1 Å². The Kier molecular flexibility index (Phi) is 8.98. The first-order valence-corrected chi connectivity index (χ1v) is 9.95. The minimum atomic E-state index is -5.08. The zero-order valence-corrected chi connectivity index (χ0v) is 16.9. The lowest BCUT2D eigenvalue weighted by atomic mass is 9.94. The van der Waals surface area contributed by atoms with Gasteiger partial charge in [-0.15, -0.1) is 0 Å². The quantitative estimate of drug-likeness (QED) is 0.655. The molecule has 170 valence electrons. The van der Waals surface area contributed by atoms with Gasteiger partial charge < -0.3 is 15.7 Å². The second-order valence-electron chi connectivity index (χ2n) is 7.14. The van der Waals surface area contributed by atoms with Crippen molar-refractivity contribution in [1.82, 2.24) is 20.1 Å². The number of aliphatic carboxylic acids is 1. The Morgan fingerprint density at radius 2 is 1.94 bits per heavy atom. The van der Waals surface area contributed by atoms with Gasteiger partial charge in [-0.25, -0.2) is 4.79 Å². The molecule has 31 heavy (non-hydrogen) atoms. The zero-order valence-electron chi connectivity index (χ0n) is 16.9. The van der Waals surface area contributed by atoms with E-state index in [1.165, 1.54) is 12.0 Å². The highest BCUT2D eigenvalue weighted by Crippen LogP contribution is 2.33. The second-order valence-corrected chi connectivity index (χ2v) is 7.14. The van der Waals surface area contributed by atoms with E-state index in [9.17, 15) is 18.0 Å². The van der Waals surface area contributed by atoms with E-state index in [4.69, 9.17) is 15.6 Å². The third-order valence-corrected chi connectivity index (χ3v) is 5.04. The number of rotatable bonds is 5. The van der Waals surface area contributed by atoms with Gasteiger partial charge in [-0.2, -0.15) is 18.3 Å². The van der Waals surface area contributed by atoms with Crippen molar-refractivity contribution in [3.05, 3.63) is 48.0 Å². The van der Waals surface area contributed by atoms with Crippen LogP contribution in [0.2, 0.25) is 0 Å². The van der Waals surface area contributed by atoms with E-state index in [0.717, 1.165) is 31.4 Å². The number of hydrogen-bond donors (Lipinski definition) is 3. The molecule has 2 aromatic heterocycles. The summed E-state index contributed by atoms with van der Waals surface area (Å²) in [6.07, 6.45) is 7.05. The van der Waals surface area contributed by atoms with E-state index in [0.29, 0.717) is 13.0 Å². The lowest BCUT2D eigenvalue weighted by molar-refractivity contribution is -0.192. The Bertz CT molecular complexity index is 815. The highest BCUT2D eigenvalue weighted by molar-refractivity contribution is 5.84. The predicted octanol–water partition coefficient (Wildman–Crippen LogP) is 3.01. The number of nitrogens with zero attached hydrogens (tertiary/aromatic N) is 3. The van der Waals surface area contributed by atoms with Crippen LogP contribution in [0.3, 0.4) is 0 Å². The summed E-state index contributed by atoms with van der Waals surface area (Å²) in [6.45, 7) is 1.28. The van der Waals surface area contributed by atoms with Crippen molar-refractivity contribution in [1.29, 1.82) is 0 Å². The molecule has 1 saturated heterocycles. The summed E-state index contributed by atoms with van der Waals surface area (Å²) in [5, 5.41) is 13.9. The summed E-state index contributed by atoms with van der Waals surface area (Å²) in [5.74, 6) is -2.82. The molecule has 3 heterocycles. The van der Waals surface area contributed by atoms with Crippen LogP contribution in [0, 0.1) is 0 Å². The molecule has 2 unspecified atom stereocenters. The van der Waals surface area contributed by atoms with Gasteiger partial charge in [0.25, 0.3) is 0 Å². The minimum absolute atomic E-state index is 0.121. The first-order chi connectivity index (χ1) is 14.8. The van der Waals surface area contributed by atoms with E-state index >= 15 is 0 Å². The van der Waals surface area contributed by atoms with Crippen molar-refractivity contribution in [2.75, 3.05) is 13.1 Å². The van der Waals surface area contributed by atoms with Crippen molar-refractivity contribution in [2.24, 2.45) is 5.73 Å². The third kappa shape index (κ3) is 7.06. The number of amides is 1. The molecule has 1 aliphatic rings. The largest absolute Gasteiger partial charge is 0.490 e. The minimum Gasteiger partial charge on any atom is -0.475 e. The van der Waals surface area contributed by atoms with Crippen LogP contribution < -0.4 is 5.73 Å². The molecule has 0 radical (unpaired) electrons. The number of pyridine rings is 1. The highest BCUT2D eigenvalue weighted by atomic mass is 19.4. The topological polar surface area (TPSA) is 125 Å². The molecule has 1 fully saturated rings. The SMILES string of the molecule is NCCC(C(=O)N1CCCCCC1c1ccncc1)c1cn[nH]c1.O=C(O)C(F)(F)F. The average molecular weight is 441 g/mol. The van der Waals surface area contributed by atoms with E-state index in [-0.39, 0.29) is 17.9 Å². The smallest absolute Gasteiger partial charge is 0.475 e. The Morgan fingerprint density at radius 3 is 2.48 bits per heavy atom. The van der Waals surface area contributed by atoms with Gasteiger partial charge in [-0.3, -0.25) is 14.9 Å². The average Bonchev–Trinajstić information content (AvgIpc) is 3.15. The zero-order chi connectivity index (χ0) is 22.9. The standard InChI is InChI=1S/C18H25N5O.C2HF3O2/c19-8-5-16(15-12-21-22-13-15)18(24)23-11-3-1-2-4-17(23)14-6-9-20-10-7-14;3-2(4,5)1(6)7/h6-7,9-10,12-13,16-17H,1-5,8,11,19H2,(H,21,22);(H,6,7). The maximum Gasteiger partial charge on any atom is 0.490 e. The number of carboxylic acids is 1. The van der Waals surface area contributed by atoms with Crippen LogP contribution in [-0.2, 0) is 9.59 Å². The first-order valence-electron chi connectivity index (χ1n) is 9.95. The number of aromatic amines is 1. The molecular weight excluding hydrogens is 415 g/mol. The molecule has 0 aromatic carbocycles. The van der Waals surface area contributed by atoms with Crippen LogP contribution >= 0.6 is 0 Å². The number of H-pyrrole nitrogens is 1. The van der Waals surface area contributed by atoms with Gasteiger partial charge in [0.2, 0.25) is 5.91 Å². The monoisotopic (exact) mass is 441 g/mol. The van der Waals surface area contributed by atoms with Gasteiger partial charge in [-0.1, -0.05) is 12.8 Å². The number of aromatic nitrogens is 3. The number of nitrogens with one attached hydrogen (secondary N) is 1. The van der Waals surface area contributed by atoms with E-state index in [1.54, 1.807) is 24.8 Å². The summed E-state index contributed by atoms with van der Waals surface area (Å²) < 4.78 is 31.7. The van der Waals surface area contributed by atoms with Crippen LogP contribution in [0.25, 0.3) is 0 Å². The number of alkyl halides is 3. The van der Waals surface area contributed by atoms with Crippen LogP contribution in [0.5, 0.6) is 0 Å². The summed E-state index contributed by atoms with van der Waals surface area (Å²) >= 11 is 0. The number of carbonyl (C=O) groups excluding carboxylic acids is 1. The fraction of sp³-hybridized carbons (Fsp3) is 0.500. The fourth-order valence-electron chi connectivity index (χ4n) is 3.56. The summed E-state index contributed by atoms with van der Waals surface area (Å²) in [4.78, 5) is 28.4. The molecular formula is C20H26F3N5O3. The third-order valence-electron chi connectivity index (χ3n) is 5.04. The molecule has 1 amide bonds. The normalized spacial score (nSPS) is 17.8. The molecule has 0 aliphatic carbocycles. The lowest BCUT2D eigenvalue weighted by Crippen LogP contribution is -2.38. The molecule has 8 nitrogen and oxygen atoms in total. The summed E-state index contributed by atoms with van der Waals surface area (Å²) in [7, 11) is 0. The van der Waals surface area contributed by atoms with E-state index in [1.807, 2.05) is 12.1 Å². The number of carbonyl (C=O) groups is 2. The van der Waals surface area contributed by atoms with Crippen molar-refractivity contribution in [2.45, 2.75) is 50.2 Å². The predicted molar refractivity (Wildman–Crippen MR) is 106 cm³/mol. The van der Waals surface area contributed by atoms with Crippen molar-refractivity contribution in [3.8, 4) is 0 Å². The molecule has 3 rings (SSSR count). The lowest BCUT2D eigenvalue weighted by Gasteiger charge is -2.33. The van der Waals surface area contributed by atoms with Crippen molar-refractivity contribution >= 4 is 11.9 Å². The molecule has 1 aliphatic heterocycles. The Labute approximate surface area is 177 Å². The van der Waals surface area contributed by atoms with Gasteiger partial charge in [0.1, 0.15) is 0 Å². The van der Waals surface area contributed by atoms with Crippen LogP contribution in [0.1, 0.15) is 55.2 Å².